The summed E-state index contributed by atoms with van der Waals surface area (Å²) in [6, 6.07) is 0. The van der Waals surface area contributed by atoms with Crippen LogP contribution in [0.5, 0.6) is 0 Å². The molecular weight excluding hydrogens is 352 g/mol. The second kappa shape index (κ2) is 7.52. The summed E-state index contributed by atoms with van der Waals surface area (Å²) in [5, 5.41) is 30.4. The molecule has 0 atom stereocenters. The Balaban J connectivity index is 1.68. The Morgan fingerprint density at radius 3 is 1.37 bits per heavy atom. The highest BCUT2D eigenvalue weighted by Crippen LogP contribution is 2.51. The second-order valence-corrected chi connectivity index (χ2v) is 10.2. The van der Waals surface area contributed by atoms with Gasteiger partial charge in [-0.2, -0.15) is 0 Å². The molecule has 0 unspecified atom stereocenters. The molecule has 3 rings (SSSR count). The molecule has 1 saturated carbocycles. The number of ether oxygens (including phenoxy) is 4. The minimum Gasteiger partial charge on any atom is -0.396 e. The van der Waals surface area contributed by atoms with E-state index < -0.39 is 40.3 Å². The van der Waals surface area contributed by atoms with Gasteiger partial charge < -0.3 is 34.3 Å². The molecule has 2 saturated heterocycles. The van der Waals surface area contributed by atoms with Crippen molar-refractivity contribution in [3.63, 3.8) is 0 Å². The molecule has 0 amide bonds. The van der Waals surface area contributed by atoms with Crippen molar-refractivity contribution < 1.29 is 34.3 Å². The maximum Gasteiger partial charge on any atom is 0.164 e. The van der Waals surface area contributed by atoms with Gasteiger partial charge in [-0.15, -0.1) is 0 Å². The summed E-state index contributed by atoms with van der Waals surface area (Å²) in [5.74, 6) is 0. The van der Waals surface area contributed by atoms with Crippen LogP contribution in [-0.2, 0) is 18.9 Å². The lowest BCUT2D eigenvalue weighted by Crippen LogP contribution is -2.64. The zero-order valence-electron chi connectivity index (χ0n) is 17.1. The van der Waals surface area contributed by atoms with Crippen LogP contribution in [0.2, 0.25) is 0 Å². The predicted octanol–water partition coefficient (Wildman–Crippen LogP) is 1.29. The van der Waals surface area contributed by atoms with Crippen molar-refractivity contribution in [2.24, 2.45) is 21.7 Å². The van der Waals surface area contributed by atoms with Crippen LogP contribution in [0.4, 0.5) is 0 Å². The number of rotatable bonds is 4. The number of hydrogen-bond donors (Lipinski definition) is 3. The minimum absolute atomic E-state index is 0.0269. The van der Waals surface area contributed by atoms with Gasteiger partial charge in [0.25, 0.3) is 0 Å². The lowest BCUT2D eigenvalue weighted by Gasteiger charge is -2.56. The number of hydrogen-bond acceptors (Lipinski definition) is 7. The van der Waals surface area contributed by atoms with Crippen LogP contribution < -0.4 is 0 Å². The third kappa shape index (κ3) is 3.80. The molecule has 158 valence electrons. The summed E-state index contributed by atoms with van der Waals surface area (Å²) in [7, 11) is 0. The lowest BCUT2D eigenvalue weighted by molar-refractivity contribution is -0.335. The normalized spacial score (nSPS) is 41.2. The van der Waals surface area contributed by atoms with E-state index in [0.29, 0.717) is 26.4 Å². The third-order valence-electron chi connectivity index (χ3n) is 6.69. The largest absolute Gasteiger partial charge is 0.396 e. The molecule has 2 aliphatic heterocycles. The van der Waals surface area contributed by atoms with Crippen LogP contribution in [0.25, 0.3) is 0 Å². The Bertz CT molecular complexity index is 458. The van der Waals surface area contributed by atoms with E-state index >= 15 is 0 Å². The first-order chi connectivity index (χ1) is 12.6. The van der Waals surface area contributed by atoms with Crippen molar-refractivity contribution in [1.29, 1.82) is 0 Å². The molecule has 2 spiro atoms. The molecule has 3 fully saturated rings. The number of aliphatic hydroxyl groups excluding tert-OH is 3. The molecule has 1 aliphatic carbocycles. The van der Waals surface area contributed by atoms with Crippen LogP contribution in [0, 0.1) is 21.7 Å². The van der Waals surface area contributed by atoms with Crippen molar-refractivity contribution in [3.8, 4) is 0 Å². The van der Waals surface area contributed by atoms with Crippen LogP contribution in [0.15, 0.2) is 0 Å². The molecule has 2 heterocycles. The zero-order valence-corrected chi connectivity index (χ0v) is 17.1. The van der Waals surface area contributed by atoms with Crippen LogP contribution in [0.3, 0.4) is 0 Å². The van der Waals surface area contributed by atoms with Crippen LogP contribution in [-0.4, -0.2) is 73.6 Å². The molecular formula is C20H36O7. The summed E-state index contributed by atoms with van der Waals surface area (Å²) in [5.41, 5.74) is -1.93. The maximum atomic E-state index is 11.3. The third-order valence-corrected chi connectivity index (χ3v) is 6.69. The average Bonchev–Trinajstić information content (AvgIpc) is 2.67. The molecule has 0 aromatic rings. The van der Waals surface area contributed by atoms with Crippen molar-refractivity contribution in [1.82, 2.24) is 0 Å². The van der Waals surface area contributed by atoms with Crippen molar-refractivity contribution in [3.05, 3.63) is 0 Å². The van der Waals surface area contributed by atoms with E-state index in [0.717, 1.165) is 19.3 Å². The highest BCUT2D eigenvalue weighted by atomic mass is 16.7. The first kappa shape index (κ1) is 21.4. The molecule has 7 nitrogen and oxygen atoms in total. The first-order valence-electron chi connectivity index (χ1n) is 9.97. The summed E-state index contributed by atoms with van der Waals surface area (Å²) in [6.07, 6.45) is 0.980. The topological polar surface area (TPSA) is 97.6 Å². The van der Waals surface area contributed by atoms with Gasteiger partial charge in [0.15, 0.2) is 12.6 Å². The smallest absolute Gasteiger partial charge is 0.164 e. The van der Waals surface area contributed by atoms with Crippen LogP contribution in [0.1, 0.15) is 47.0 Å². The minimum atomic E-state index is -0.657. The molecule has 0 aromatic carbocycles. The molecule has 0 aromatic heterocycles. The van der Waals surface area contributed by atoms with Gasteiger partial charge in [-0.1, -0.05) is 34.1 Å². The predicted molar refractivity (Wildman–Crippen MR) is 97.8 cm³/mol. The van der Waals surface area contributed by atoms with Gasteiger partial charge in [0, 0.05) is 21.7 Å². The zero-order chi connectivity index (χ0) is 19.9. The van der Waals surface area contributed by atoms with Gasteiger partial charge in [-0.3, -0.25) is 0 Å². The molecule has 7 heteroatoms. The first-order valence-corrected chi connectivity index (χ1v) is 9.97. The van der Waals surface area contributed by atoms with Crippen LogP contribution >= 0.6 is 0 Å². The van der Waals surface area contributed by atoms with Gasteiger partial charge in [0.05, 0.1) is 45.7 Å². The second-order valence-electron chi connectivity index (χ2n) is 10.2. The molecule has 0 radical (unpaired) electrons. The monoisotopic (exact) mass is 388 g/mol. The fraction of sp³-hybridized carbons (Fsp3) is 1.00. The highest BCUT2D eigenvalue weighted by molar-refractivity contribution is 5.04. The fourth-order valence-electron chi connectivity index (χ4n) is 4.52. The Morgan fingerprint density at radius 2 is 1.07 bits per heavy atom. The fourth-order valence-corrected chi connectivity index (χ4v) is 4.52. The van der Waals surface area contributed by atoms with E-state index in [4.69, 9.17) is 18.9 Å². The Labute approximate surface area is 161 Å². The Hall–Kier alpha value is -0.280. The van der Waals surface area contributed by atoms with Gasteiger partial charge >= 0.3 is 0 Å². The molecule has 0 bridgehead atoms. The Morgan fingerprint density at radius 1 is 0.741 bits per heavy atom. The van der Waals surface area contributed by atoms with Gasteiger partial charge in [-0.25, -0.2) is 0 Å². The molecule has 3 N–H and O–H groups in total. The number of aliphatic hydroxyl groups is 3. The highest BCUT2D eigenvalue weighted by Gasteiger charge is 2.58. The van der Waals surface area contributed by atoms with Gasteiger partial charge in [0.2, 0.25) is 0 Å². The summed E-state index contributed by atoms with van der Waals surface area (Å²) < 4.78 is 23.9. The van der Waals surface area contributed by atoms with E-state index in [9.17, 15) is 15.3 Å². The standard InChI is InChI=1S/C20H36O7/c1-17(2,8-21)15-24-10-19(11-25-15)6-5-7-20(14(19)23)12-26-16(27-13-20)18(3,4)9-22/h14-16,21-23H,5-13H2,1-4H3. The maximum absolute atomic E-state index is 11.3. The van der Waals surface area contributed by atoms with E-state index in [-0.39, 0.29) is 13.2 Å². The van der Waals surface area contributed by atoms with E-state index in [1.165, 1.54) is 0 Å². The van der Waals surface area contributed by atoms with Crippen molar-refractivity contribution >= 4 is 0 Å². The Kier molecular flexibility index (Phi) is 5.97. The molecule has 27 heavy (non-hydrogen) atoms. The lowest BCUT2D eigenvalue weighted by atomic mass is 9.60. The summed E-state index contributed by atoms with van der Waals surface area (Å²) in [6.45, 7) is 9.15. The van der Waals surface area contributed by atoms with Crippen molar-refractivity contribution in [2.75, 3.05) is 39.6 Å². The van der Waals surface area contributed by atoms with E-state index in [1.807, 2.05) is 27.7 Å². The summed E-state index contributed by atoms with van der Waals surface area (Å²) in [4.78, 5) is 0. The van der Waals surface area contributed by atoms with E-state index in [1.54, 1.807) is 0 Å². The SMILES string of the molecule is CC(C)(CO)C1OCC2(CCCC3(COC(C(C)(C)CO)OC3)C2O)CO1. The van der Waals surface area contributed by atoms with Crippen molar-refractivity contribution in [2.45, 2.75) is 65.6 Å². The van der Waals surface area contributed by atoms with Gasteiger partial charge in [0.1, 0.15) is 0 Å². The summed E-state index contributed by atoms with van der Waals surface area (Å²) >= 11 is 0. The van der Waals surface area contributed by atoms with Gasteiger partial charge in [-0.05, 0) is 12.8 Å². The quantitative estimate of drug-likeness (QED) is 0.667. The molecule has 3 aliphatic rings. The van der Waals surface area contributed by atoms with E-state index in [2.05, 4.69) is 0 Å². The average molecular weight is 389 g/mol.